The van der Waals surface area contributed by atoms with Gasteiger partial charge in [-0.2, -0.15) is 13.2 Å². The first-order valence-electron chi connectivity index (χ1n) is 8.81. The first-order chi connectivity index (χ1) is 12.7. The predicted octanol–water partition coefficient (Wildman–Crippen LogP) is 3.87. The summed E-state index contributed by atoms with van der Waals surface area (Å²) in [6.45, 7) is -0.513. The fraction of sp³-hybridized carbons (Fsp3) is 0.556. The molecule has 27 heavy (non-hydrogen) atoms. The van der Waals surface area contributed by atoms with Crippen LogP contribution < -0.4 is 10.1 Å². The summed E-state index contributed by atoms with van der Waals surface area (Å²) in [5, 5.41) is 2.87. The number of anilines is 1. The number of hydrogen-bond donors (Lipinski definition) is 1. The van der Waals surface area contributed by atoms with Gasteiger partial charge >= 0.3 is 6.18 Å². The van der Waals surface area contributed by atoms with Gasteiger partial charge in [-0.05, 0) is 43.9 Å². The SMILES string of the molecule is O=C(Nc1cc(Cl)ccc1OCC(F)(F)F)C1CCCN(C(=O)C2CC2)C1. The van der Waals surface area contributed by atoms with Crippen molar-refractivity contribution in [1.29, 1.82) is 0 Å². The Bertz CT molecular complexity index is 722. The zero-order valence-electron chi connectivity index (χ0n) is 14.5. The van der Waals surface area contributed by atoms with Gasteiger partial charge in [0.25, 0.3) is 0 Å². The number of ether oxygens (including phenoxy) is 1. The molecule has 1 aliphatic carbocycles. The molecule has 0 aromatic heterocycles. The average Bonchev–Trinajstić information content (AvgIpc) is 3.45. The van der Waals surface area contributed by atoms with E-state index in [0.717, 1.165) is 12.8 Å². The van der Waals surface area contributed by atoms with Crippen molar-refractivity contribution in [1.82, 2.24) is 4.90 Å². The number of rotatable bonds is 5. The van der Waals surface area contributed by atoms with Gasteiger partial charge in [0.15, 0.2) is 6.61 Å². The average molecular weight is 405 g/mol. The van der Waals surface area contributed by atoms with Crippen LogP contribution in [0.15, 0.2) is 18.2 Å². The van der Waals surface area contributed by atoms with Crippen LogP contribution in [-0.2, 0) is 9.59 Å². The maximum atomic E-state index is 12.6. The number of amides is 2. The molecule has 5 nitrogen and oxygen atoms in total. The number of hydrogen-bond acceptors (Lipinski definition) is 3. The molecule has 2 fully saturated rings. The molecule has 148 valence electrons. The third-order valence-corrected chi connectivity index (χ3v) is 4.86. The third-order valence-electron chi connectivity index (χ3n) is 4.62. The van der Waals surface area contributed by atoms with Gasteiger partial charge in [0, 0.05) is 24.0 Å². The highest BCUT2D eigenvalue weighted by Crippen LogP contribution is 2.33. The lowest BCUT2D eigenvalue weighted by Gasteiger charge is -2.32. The Labute approximate surface area is 159 Å². The maximum absolute atomic E-state index is 12.6. The number of nitrogens with one attached hydrogen (secondary N) is 1. The fourth-order valence-electron chi connectivity index (χ4n) is 3.10. The van der Waals surface area contributed by atoms with Crippen molar-refractivity contribution in [2.75, 3.05) is 25.0 Å². The molecule has 9 heteroatoms. The second-order valence-electron chi connectivity index (χ2n) is 6.93. The Morgan fingerprint density at radius 3 is 2.63 bits per heavy atom. The van der Waals surface area contributed by atoms with E-state index >= 15 is 0 Å². The third kappa shape index (κ3) is 5.51. The summed E-state index contributed by atoms with van der Waals surface area (Å²) in [6, 6.07) is 4.02. The first-order valence-corrected chi connectivity index (χ1v) is 9.19. The molecule has 0 spiro atoms. The summed E-state index contributed by atoms with van der Waals surface area (Å²) in [6.07, 6.45) is -1.37. The molecule has 2 aliphatic rings. The molecule has 1 heterocycles. The van der Waals surface area contributed by atoms with E-state index in [-0.39, 0.29) is 34.2 Å². The smallest absolute Gasteiger partial charge is 0.422 e. The van der Waals surface area contributed by atoms with E-state index < -0.39 is 18.7 Å². The van der Waals surface area contributed by atoms with Crippen LogP contribution >= 0.6 is 11.6 Å². The highest BCUT2D eigenvalue weighted by molar-refractivity contribution is 6.31. The summed E-state index contributed by atoms with van der Waals surface area (Å²) in [4.78, 5) is 26.5. The van der Waals surface area contributed by atoms with Crippen LogP contribution in [0.3, 0.4) is 0 Å². The summed E-state index contributed by atoms with van der Waals surface area (Å²) in [5.41, 5.74) is 0.0855. The van der Waals surface area contributed by atoms with Crippen molar-refractivity contribution in [3.63, 3.8) is 0 Å². The second-order valence-corrected chi connectivity index (χ2v) is 7.37. The summed E-state index contributed by atoms with van der Waals surface area (Å²) in [7, 11) is 0. The number of likely N-dealkylation sites (tertiary alicyclic amines) is 1. The lowest BCUT2D eigenvalue weighted by molar-refractivity contribution is -0.153. The van der Waals surface area contributed by atoms with Gasteiger partial charge in [-0.3, -0.25) is 9.59 Å². The molecule has 1 atom stereocenters. The van der Waals surface area contributed by atoms with Crippen molar-refractivity contribution in [2.45, 2.75) is 31.9 Å². The molecular weight excluding hydrogens is 385 g/mol. The zero-order valence-corrected chi connectivity index (χ0v) is 15.3. The normalized spacial score (nSPS) is 20.3. The Balaban J connectivity index is 1.65. The molecule has 1 aromatic carbocycles. The molecule has 1 saturated carbocycles. The number of carbonyl (C=O) groups is 2. The van der Waals surface area contributed by atoms with Crippen LogP contribution in [0.25, 0.3) is 0 Å². The first kappa shape index (κ1) is 19.8. The van der Waals surface area contributed by atoms with Crippen LogP contribution in [0.5, 0.6) is 5.75 Å². The predicted molar refractivity (Wildman–Crippen MR) is 93.7 cm³/mol. The largest absolute Gasteiger partial charge is 0.482 e. The minimum atomic E-state index is -4.49. The molecule has 1 unspecified atom stereocenters. The van der Waals surface area contributed by atoms with Gasteiger partial charge < -0.3 is 15.0 Å². The molecular formula is C18H20ClF3N2O3. The second kappa shape index (κ2) is 7.96. The van der Waals surface area contributed by atoms with Crippen LogP contribution in [0.2, 0.25) is 5.02 Å². The standard InChI is InChI=1S/C18H20ClF3N2O3/c19-13-5-6-15(27-10-18(20,21)22)14(8-13)23-16(25)12-2-1-7-24(9-12)17(26)11-3-4-11/h5-6,8,11-12H,1-4,7,9-10H2,(H,23,25). The Hall–Kier alpha value is -1.96. The van der Waals surface area contributed by atoms with E-state index in [0.29, 0.717) is 25.9 Å². The van der Waals surface area contributed by atoms with E-state index in [4.69, 9.17) is 16.3 Å². The minimum absolute atomic E-state index is 0.0853. The number of nitrogens with zero attached hydrogens (tertiary/aromatic N) is 1. The van der Waals surface area contributed by atoms with Gasteiger partial charge in [0.2, 0.25) is 11.8 Å². The Morgan fingerprint density at radius 2 is 1.96 bits per heavy atom. The minimum Gasteiger partial charge on any atom is -0.482 e. The molecule has 0 bridgehead atoms. The van der Waals surface area contributed by atoms with Crippen molar-refractivity contribution in [2.24, 2.45) is 11.8 Å². The molecule has 3 rings (SSSR count). The van der Waals surface area contributed by atoms with E-state index in [1.54, 1.807) is 4.90 Å². The maximum Gasteiger partial charge on any atom is 0.422 e. The zero-order chi connectivity index (χ0) is 19.6. The van der Waals surface area contributed by atoms with Crippen molar-refractivity contribution in [3.05, 3.63) is 23.2 Å². The molecule has 1 N–H and O–H groups in total. The summed E-state index contributed by atoms with van der Waals surface area (Å²) < 4.78 is 42.0. The molecule has 0 radical (unpaired) electrons. The van der Waals surface area contributed by atoms with Gasteiger partial charge in [-0.25, -0.2) is 0 Å². The number of benzene rings is 1. The Morgan fingerprint density at radius 1 is 1.22 bits per heavy atom. The fourth-order valence-corrected chi connectivity index (χ4v) is 3.27. The monoisotopic (exact) mass is 404 g/mol. The van der Waals surface area contributed by atoms with E-state index in [1.807, 2.05) is 0 Å². The van der Waals surface area contributed by atoms with Gasteiger partial charge in [0.05, 0.1) is 11.6 Å². The van der Waals surface area contributed by atoms with Crippen molar-refractivity contribution < 1.29 is 27.5 Å². The van der Waals surface area contributed by atoms with Crippen LogP contribution in [0.4, 0.5) is 18.9 Å². The highest BCUT2D eigenvalue weighted by Gasteiger charge is 2.37. The lowest BCUT2D eigenvalue weighted by Crippen LogP contribution is -2.44. The summed E-state index contributed by atoms with van der Waals surface area (Å²) >= 11 is 5.90. The van der Waals surface area contributed by atoms with E-state index in [2.05, 4.69) is 5.32 Å². The lowest BCUT2D eigenvalue weighted by atomic mass is 9.96. The molecule has 1 saturated heterocycles. The number of carbonyl (C=O) groups excluding carboxylic acids is 2. The van der Waals surface area contributed by atoms with Gasteiger partial charge in [0.1, 0.15) is 5.75 Å². The topological polar surface area (TPSA) is 58.6 Å². The van der Waals surface area contributed by atoms with Crippen molar-refractivity contribution in [3.8, 4) is 5.75 Å². The van der Waals surface area contributed by atoms with Crippen LogP contribution in [0, 0.1) is 11.8 Å². The summed E-state index contributed by atoms with van der Waals surface area (Å²) in [5.74, 6) is -0.711. The number of halogens is 4. The van der Waals surface area contributed by atoms with Crippen LogP contribution in [0.1, 0.15) is 25.7 Å². The molecule has 1 aliphatic heterocycles. The van der Waals surface area contributed by atoms with Gasteiger partial charge in [-0.15, -0.1) is 0 Å². The Kier molecular flexibility index (Phi) is 5.83. The number of alkyl halides is 3. The number of piperidine rings is 1. The van der Waals surface area contributed by atoms with E-state index in [9.17, 15) is 22.8 Å². The van der Waals surface area contributed by atoms with Crippen LogP contribution in [-0.4, -0.2) is 42.6 Å². The molecule has 1 aromatic rings. The van der Waals surface area contributed by atoms with Gasteiger partial charge in [-0.1, -0.05) is 11.6 Å². The highest BCUT2D eigenvalue weighted by atomic mass is 35.5. The quantitative estimate of drug-likeness (QED) is 0.810. The molecule has 2 amide bonds. The van der Waals surface area contributed by atoms with E-state index in [1.165, 1.54) is 18.2 Å². The van der Waals surface area contributed by atoms with Crippen molar-refractivity contribution >= 4 is 29.1 Å².